The summed E-state index contributed by atoms with van der Waals surface area (Å²) in [6.45, 7) is 3.64. The number of halogens is 2. The minimum Gasteiger partial charge on any atom is -0.366 e. The lowest BCUT2D eigenvalue weighted by molar-refractivity contribution is 0.1000. The van der Waals surface area contributed by atoms with Crippen molar-refractivity contribution in [1.29, 1.82) is 0 Å². The first-order valence-corrected chi connectivity index (χ1v) is 10.9. The van der Waals surface area contributed by atoms with Gasteiger partial charge < -0.3 is 10.7 Å². The Hall–Kier alpha value is -4.51. The zero-order chi connectivity index (χ0) is 24.7. The summed E-state index contributed by atoms with van der Waals surface area (Å²) in [6.07, 6.45) is 4.86. The molecule has 0 aliphatic rings. The number of amides is 1. The second kappa shape index (κ2) is 8.37. The van der Waals surface area contributed by atoms with Gasteiger partial charge in [0.15, 0.2) is 0 Å². The van der Waals surface area contributed by atoms with Gasteiger partial charge in [-0.25, -0.2) is 13.8 Å². The van der Waals surface area contributed by atoms with E-state index in [1.54, 1.807) is 23.1 Å². The first kappa shape index (κ1) is 22.3. The van der Waals surface area contributed by atoms with Gasteiger partial charge in [0, 0.05) is 40.5 Å². The second-order valence-electron chi connectivity index (χ2n) is 8.86. The monoisotopic (exact) mass is 469 g/mol. The molecule has 1 atom stereocenters. The summed E-state index contributed by atoms with van der Waals surface area (Å²) in [6, 6.07) is 11.8. The van der Waals surface area contributed by atoms with Crippen molar-refractivity contribution in [2.75, 3.05) is 0 Å². The number of carbonyl (C=O) groups excluding carboxylic acids is 1. The van der Waals surface area contributed by atoms with E-state index in [-0.39, 0.29) is 11.1 Å². The van der Waals surface area contributed by atoms with Crippen molar-refractivity contribution in [2.45, 2.75) is 19.9 Å². The van der Waals surface area contributed by atoms with E-state index >= 15 is 4.39 Å². The Morgan fingerprint density at radius 3 is 2.74 bits per heavy atom. The molecule has 5 aromatic rings. The van der Waals surface area contributed by atoms with E-state index < -0.39 is 29.0 Å². The van der Waals surface area contributed by atoms with Crippen LogP contribution in [0.1, 0.15) is 41.4 Å². The number of nitrogens with two attached hydrogens (primary N) is 1. The predicted octanol–water partition coefficient (Wildman–Crippen LogP) is 4.96. The predicted molar refractivity (Wildman–Crippen MR) is 130 cm³/mol. The third kappa shape index (κ3) is 4.02. The van der Waals surface area contributed by atoms with Crippen LogP contribution in [0.2, 0.25) is 0 Å². The van der Waals surface area contributed by atoms with E-state index in [1.165, 1.54) is 12.3 Å². The number of hydrogen-bond donors (Lipinski definition) is 2. The maximum absolute atomic E-state index is 15.1. The van der Waals surface area contributed by atoms with Gasteiger partial charge in [0.25, 0.3) is 5.91 Å². The van der Waals surface area contributed by atoms with E-state index in [0.717, 1.165) is 23.0 Å². The number of primary amides is 1. The van der Waals surface area contributed by atoms with Gasteiger partial charge in [0.1, 0.15) is 17.3 Å². The number of nitrogens with one attached hydrogen (secondary N) is 1. The van der Waals surface area contributed by atoms with E-state index in [9.17, 15) is 9.18 Å². The summed E-state index contributed by atoms with van der Waals surface area (Å²) in [5.74, 6) is 4.48. The fourth-order valence-corrected chi connectivity index (χ4v) is 4.32. The third-order valence-electron chi connectivity index (χ3n) is 5.99. The number of fused-ring (bicyclic) bond motifs is 2. The molecule has 0 saturated carbocycles. The topological polar surface area (TPSA) is 89.6 Å². The Kier molecular flexibility index (Phi) is 5.33. The van der Waals surface area contributed by atoms with Crippen molar-refractivity contribution in [3.63, 3.8) is 0 Å². The molecule has 1 amide bonds. The first-order valence-electron chi connectivity index (χ1n) is 10.9. The second-order valence-corrected chi connectivity index (χ2v) is 8.86. The van der Waals surface area contributed by atoms with Crippen LogP contribution in [0.5, 0.6) is 0 Å². The number of benzene rings is 2. The third-order valence-corrected chi connectivity index (χ3v) is 5.99. The maximum atomic E-state index is 15.1. The highest BCUT2D eigenvalue weighted by atomic mass is 19.1. The van der Waals surface area contributed by atoms with Crippen molar-refractivity contribution in [2.24, 2.45) is 11.1 Å². The van der Waals surface area contributed by atoms with Gasteiger partial charge in [-0.3, -0.25) is 9.48 Å². The molecule has 3 aromatic heterocycles. The highest BCUT2D eigenvalue weighted by Gasteiger charge is 2.34. The molecule has 0 radical (unpaired) electrons. The molecule has 3 heterocycles. The molecule has 5 rings (SSSR count). The standard InChI is InChI=1S/C27H21F2N5O/c1-27(2,11-9-18-19-10-12-31-26(19)32-14-21(18)25(30)35)24(20-13-17(28)7-8-22(20)29)34-15-16-5-3-4-6-23(16)33-34/h3-8,10,12-15,24H,1-2H3,(H2,30,35)(H,31,32). The zero-order valence-electron chi connectivity index (χ0n) is 19.0. The van der Waals surface area contributed by atoms with Crippen molar-refractivity contribution < 1.29 is 13.6 Å². The summed E-state index contributed by atoms with van der Waals surface area (Å²) in [7, 11) is 0. The summed E-state index contributed by atoms with van der Waals surface area (Å²) >= 11 is 0. The van der Waals surface area contributed by atoms with Crippen molar-refractivity contribution >= 4 is 27.8 Å². The lowest BCUT2D eigenvalue weighted by Crippen LogP contribution is -2.28. The number of aromatic nitrogens is 4. The van der Waals surface area contributed by atoms with Gasteiger partial charge in [-0.05, 0) is 44.2 Å². The molecule has 0 aliphatic carbocycles. The van der Waals surface area contributed by atoms with Crippen LogP contribution in [0, 0.1) is 28.9 Å². The van der Waals surface area contributed by atoms with Gasteiger partial charge in [-0.15, -0.1) is 0 Å². The molecular weight excluding hydrogens is 448 g/mol. The summed E-state index contributed by atoms with van der Waals surface area (Å²) in [5, 5.41) is 6.14. The van der Waals surface area contributed by atoms with Gasteiger partial charge in [-0.1, -0.05) is 30.0 Å². The Bertz CT molecular complexity index is 1620. The number of H-pyrrole nitrogens is 1. The van der Waals surface area contributed by atoms with Crippen LogP contribution in [0.25, 0.3) is 21.9 Å². The van der Waals surface area contributed by atoms with Crippen molar-refractivity contribution in [3.8, 4) is 11.8 Å². The molecule has 0 spiro atoms. The molecule has 0 bridgehead atoms. The number of rotatable bonds is 4. The average molecular weight is 469 g/mol. The van der Waals surface area contributed by atoms with Crippen LogP contribution in [-0.2, 0) is 0 Å². The Morgan fingerprint density at radius 2 is 1.97 bits per heavy atom. The van der Waals surface area contributed by atoms with Gasteiger partial charge >= 0.3 is 0 Å². The van der Waals surface area contributed by atoms with Crippen molar-refractivity contribution in [1.82, 2.24) is 19.7 Å². The maximum Gasteiger partial charge on any atom is 0.251 e. The van der Waals surface area contributed by atoms with Crippen LogP contribution in [-0.4, -0.2) is 25.7 Å². The number of hydrogen-bond acceptors (Lipinski definition) is 3. The van der Waals surface area contributed by atoms with Crippen LogP contribution in [0.15, 0.2) is 67.1 Å². The molecule has 3 N–H and O–H groups in total. The number of aromatic amines is 1. The fraction of sp³-hybridized carbons (Fsp3) is 0.148. The van der Waals surface area contributed by atoms with Crippen LogP contribution < -0.4 is 5.73 Å². The van der Waals surface area contributed by atoms with E-state index in [0.29, 0.717) is 16.6 Å². The molecule has 0 aliphatic heterocycles. The van der Waals surface area contributed by atoms with E-state index in [2.05, 4.69) is 26.9 Å². The smallest absolute Gasteiger partial charge is 0.251 e. The number of pyridine rings is 1. The van der Waals surface area contributed by atoms with Gasteiger partial charge in [-0.2, -0.15) is 5.10 Å². The molecule has 0 fully saturated rings. The summed E-state index contributed by atoms with van der Waals surface area (Å²) in [5.41, 5.74) is 6.61. The SMILES string of the molecule is CC(C)(C#Cc1c(C(N)=O)cnc2[nH]ccc12)C(c1cc(F)ccc1F)n1cc2ccccc2n1. The summed E-state index contributed by atoms with van der Waals surface area (Å²) < 4.78 is 30.9. The Balaban J connectivity index is 1.71. The molecule has 174 valence electrons. The minimum absolute atomic E-state index is 0.119. The average Bonchev–Trinajstić information content (AvgIpc) is 3.46. The minimum atomic E-state index is -0.961. The molecule has 35 heavy (non-hydrogen) atoms. The van der Waals surface area contributed by atoms with E-state index in [4.69, 9.17) is 5.73 Å². The molecule has 6 nitrogen and oxygen atoms in total. The normalized spacial score (nSPS) is 12.5. The van der Waals surface area contributed by atoms with Crippen LogP contribution in [0.3, 0.4) is 0 Å². The Morgan fingerprint density at radius 1 is 1.17 bits per heavy atom. The van der Waals surface area contributed by atoms with E-state index in [1.807, 2.05) is 38.1 Å². The largest absolute Gasteiger partial charge is 0.366 e. The highest BCUT2D eigenvalue weighted by molar-refractivity contribution is 6.00. The van der Waals surface area contributed by atoms with Crippen LogP contribution in [0.4, 0.5) is 8.78 Å². The number of carbonyl (C=O) groups is 1. The molecule has 1 unspecified atom stereocenters. The highest BCUT2D eigenvalue weighted by Crippen LogP contribution is 2.38. The lowest BCUT2D eigenvalue weighted by atomic mass is 9.80. The van der Waals surface area contributed by atoms with Crippen molar-refractivity contribution in [3.05, 3.63) is 95.4 Å². The molecule has 8 heteroatoms. The quantitative estimate of drug-likeness (QED) is 0.365. The molecule has 0 saturated heterocycles. The fourth-order valence-electron chi connectivity index (χ4n) is 4.32. The van der Waals surface area contributed by atoms with Gasteiger partial charge in [0.05, 0.1) is 22.5 Å². The molecular formula is C27H21F2N5O. The van der Waals surface area contributed by atoms with Gasteiger partial charge in [0.2, 0.25) is 0 Å². The molecule has 2 aromatic carbocycles. The summed E-state index contributed by atoms with van der Waals surface area (Å²) in [4.78, 5) is 19.3. The lowest BCUT2D eigenvalue weighted by Gasteiger charge is -2.31. The zero-order valence-corrected chi connectivity index (χ0v) is 19.0. The number of nitrogens with zero attached hydrogens (tertiary/aromatic N) is 3. The Labute approximate surface area is 199 Å². The first-order chi connectivity index (χ1) is 16.7. The van der Waals surface area contributed by atoms with Crippen LogP contribution >= 0.6 is 0 Å².